The molecule has 0 aromatic heterocycles. The molecule has 1 aliphatic carbocycles. The van der Waals surface area contributed by atoms with E-state index in [1.807, 2.05) is 20.2 Å². The Morgan fingerprint density at radius 3 is 2.23 bits per heavy atom. The zero-order chi connectivity index (χ0) is 35.1. The molecule has 2 atom stereocenters. The van der Waals surface area contributed by atoms with E-state index in [2.05, 4.69) is 35.7 Å². The Bertz CT molecular complexity index is 1540. The van der Waals surface area contributed by atoms with Gasteiger partial charge in [-0.15, -0.1) is 0 Å². The summed E-state index contributed by atoms with van der Waals surface area (Å²) < 4.78 is 45.7. The number of rotatable bonds is 19. The number of aryl methyl sites for hydroxylation is 1. The molecule has 0 radical (unpaired) electrons. The summed E-state index contributed by atoms with van der Waals surface area (Å²) in [6.07, 6.45) is 1.75. The van der Waals surface area contributed by atoms with E-state index in [0.717, 1.165) is 24.0 Å². The number of benzene rings is 2. The number of urea groups is 2. The SMILES string of the molecule is [C-]#[N+]c1cc(Cl)cc2c1C[C@H](N(C)C)[C@H]2Oc1ccc(S(=O)(=O)NCCOCCOCCNC(=O)NCCCCNC(=O)NC)cc1C. The van der Waals surface area contributed by atoms with E-state index >= 15 is 0 Å². The first-order valence-electron chi connectivity index (χ1n) is 15.7. The van der Waals surface area contributed by atoms with Gasteiger partial charge in [0.15, 0.2) is 5.69 Å². The zero-order valence-corrected chi connectivity index (χ0v) is 29.4. The topological polar surface area (TPSA) is 164 Å². The molecular formula is C32H46ClN7O7S. The number of amides is 4. The van der Waals surface area contributed by atoms with Crippen LogP contribution in [0.1, 0.15) is 35.6 Å². The van der Waals surface area contributed by atoms with Gasteiger partial charge >= 0.3 is 12.1 Å². The molecule has 48 heavy (non-hydrogen) atoms. The molecule has 14 nitrogen and oxygen atoms in total. The molecule has 16 heteroatoms. The van der Waals surface area contributed by atoms with E-state index in [0.29, 0.717) is 61.3 Å². The number of hydrogen-bond donors (Lipinski definition) is 5. The van der Waals surface area contributed by atoms with Gasteiger partial charge in [0.25, 0.3) is 0 Å². The fourth-order valence-electron chi connectivity index (χ4n) is 5.09. The highest BCUT2D eigenvalue weighted by Crippen LogP contribution is 2.43. The van der Waals surface area contributed by atoms with Crippen molar-refractivity contribution in [3.8, 4) is 5.75 Å². The third kappa shape index (κ3) is 11.8. The highest BCUT2D eigenvalue weighted by atomic mass is 35.5. The molecule has 0 spiro atoms. The van der Waals surface area contributed by atoms with E-state index in [-0.39, 0.29) is 48.9 Å². The molecule has 0 fully saturated rings. The Morgan fingerprint density at radius 2 is 1.60 bits per heavy atom. The Morgan fingerprint density at radius 1 is 0.958 bits per heavy atom. The van der Waals surface area contributed by atoms with Gasteiger partial charge in [-0.25, -0.2) is 27.6 Å². The maximum Gasteiger partial charge on any atom is 0.314 e. The van der Waals surface area contributed by atoms with Crippen LogP contribution in [0.3, 0.4) is 0 Å². The molecule has 264 valence electrons. The quantitative estimate of drug-likeness (QED) is 0.110. The first-order chi connectivity index (χ1) is 23.0. The third-order valence-electron chi connectivity index (χ3n) is 7.63. The summed E-state index contributed by atoms with van der Waals surface area (Å²) in [6.45, 7) is 11.8. The number of likely N-dealkylation sites (N-methyl/N-ethyl adjacent to an activating group) is 1. The van der Waals surface area contributed by atoms with Crippen LogP contribution >= 0.6 is 11.6 Å². The highest BCUT2D eigenvalue weighted by Gasteiger charge is 2.37. The predicted molar refractivity (Wildman–Crippen MR) is 183 cm³/mol. The maximum absolute atomic E-state index is 12.9. The number of nitrogens with one attached hydrogen (secondary N) is 5. The van der Waals surface area contributed by atoms with Crippen LogP contribution in [0.4, 0.5) is 15.3 Å². The van der Waals surface area contributed by atoms with E-state index < -0.39 is 10.0 Å². The summed E-state index contributed by atoms with van der Waals surface area (Å²) in [6, 6.07) is 7.68. The zero-order valence-electron chi connectivity index (χ0n) is 27.9. The molecule has 2 aromatic carbocycles. The van der Waals surface area contributed by atoms with E-state index in [1.54, 1.807) is 32.2 Å². The second-order valence-electron chi connectivity index (χ2n) is 11.3. The molecular weight excluding hydrogens is 662 g/mol. The fraction of sp³-hybridized carbons (Fsp3) is 0.531. The van der Waals surface area contributed by atoms with Crippen molar-refractivity contribution in [1.29, 1.82) is 0 Å². The number of fused-ring (bicyclic) bond motifs is 1. The third-order valence-corrected chi connectivity index (χ3v) is 9.31. The lowest BCUT2D eigenvalue weighted by atomic mass is 10.1. The average molecular weight is 708 g/mol. The van der Waals surface area contributed by atoms with Crippen LogP contribution in [0.15, 0.2) is 35.2 Å². The Labute approximate surface area is 288 Å². The van der Waals surface area contributed by atoms with Gasteiger partial charge in [-0.2, -0.15) is 0 Å². The minimum absolute atomic E-state index is 0.0234. The lowest BCUT2D eigenvalue weighted by molar-refractivity contribution is 0.0516. The average Bonchev–Trinajstić information content (AvgIpc) is 3.41. The summed E-state index contributed by atoms with van der Waals surface area (Å²) in [5.74, 6) is 0.547. The number of unbranched alkanes of at least 4 members (excludes halogenated alkanes) is 1. The van der Waals surface area contributed by atoms with Crippen molar-refractivity contribution in [1.82, 2.24) is 30.9 Å². The van der Waals surface area contributed by atoms with Crippen LogP contribution in [0, 0.1) is 13.5 Å². The molecule has 2 aromatic rings. The number of nitrogens with zero attached hydrogens (tertiary/aromatic N) is 2. The van der Waals surface area contributed by atoms with Crippen molar-refractivity contribution >= 4 is 39.4 Å². The van der Waals surface area contributed by atoms with Crippen molar-refractivity contribution in [2.24, 2.45) is 0 Å². The van der Waals surface area contributed by atoms with Crippen LogP contribution in [-0.2, 0) is 25.9 Å². The van der Waals surface area contributed by atoms with Crippen LogP contribution in [0.5, 0.6) is 5.75 Å². The van der Waals surface area contributed by atoms with Crippen molar-refractivity contribution in [2.45, 2.75) is 43.2 Å². The number of ether oxygens (including phenoxy) is 3. The molecule has 1 aliphatic rings. The monoisotopic (exact) mass is 707 g/mol. The predicted octanol–water partition coefficient (Wildman–Crippen LogP) is 3.13. The van der Waals surface area contributed by atoms with Crippen LogP contribution < -0.4 is 30.7 Å². The van der Waals surface area contributed by atoms with Crippen molar-refractivity contribution < 1.29 is 32.2 Å². The van der Waals surface area contributed by atoms with E-state index in [9.17, 15) is 18.0 Å². The highest BCUT2D eigenvalue weighted by molar-refractivity contribution is 7.89. The molecule has 4 amide bonds. The molecule has 0 saturated carbocycles. The Hall–Kier alpha value is -3.65. The molecule has 5 N–H and O–H groups in total. The molecule has 0 bridgehead atoms. The lowest BCUT2D eigenvalue weighted by Crippen LogP contribution is -2.38. The molecule has 0 aliphatic heterocycles. The largest absolute Gasteiger partial charge is 0.484 e. The summed E-state index contributed by atoms with van der Waals surface area (Å²) in [4.78, 5) is 28.6. The number of carbonyl (C=O) groups is 2. The van der Waals surface area contributed by atoms with Crippen molar-refractivity contribution in [3.63, 3.8) is 0 Å². The van der Waals surface area contributed by atoms with Crippen molar-refractivity contribution in [3.05, 3.63) is 63.5 Å². The van der Waals surface area contributed by atoms with Gasteiger partial charge in [0.05, 0.1) is 43.9 Å². The van der Waals surface area contributed by atoms with Gasteiger partial charge in [-0.05, 0) is 87.3 Å². The number of halogens is 1. The van der Waals surface area contributed by atoms with Crippen LogP contribution in [0.25, 0.3) is 4.85 Å². The van der Waals surface area contributed by atoms with Gasteiger partial charge in [0.1, 0.15) is 11.9 Å². The normalized spacial score (nSPS) is 15.4. The maximum atomic E-state index is 12.9. The van der Waals surface area contributed by atoms with Gasteiger partial charge < -0.3 is 40.4 Å². The van der Waals surface area contributed by atoms with Gasteiger partial charge in [0, 0.05) is 38.2 Å². The number of carbonyl (C=O) groups excluding carboxylic acids is 2. The number of sulfonamides is 1. The first-order valence-corrected chi connectivity index (χ1v) is 17.6. The van der Waals surface area contributed by atoms with Crippen LogP contribution in [0.2, 0.25) is 5.02 Å². The summed E-state index contributed by atoms with van der Waals surface area (Å²) in [5, 5.41) is 11.0. The smallest absolute Gasteiger partial charge is 0.314 e. The van der Waals surface area contributed by atoms with Crippen LogP contribution in [-0.4, -0.2) is 105 Å². The first kappa shape index (κ1) is 38.8. The van der Waals surface area contributed by atoms with Gasteiger partial charge in [-0.1, -0.05) is 11.6 Å². The summed E-state index contributed by atoms with van der Waals surface area (Å²) >= 11 is 6.32. The lowest BCUT2D eigenvalue weighted by Gasteiger charge is -2.28. The fourth-order valence-corrected chi connectivity index (χ4v) is 6.41. The standard InChI is InChI=1S/C32H46ClN7O7S/c1-22-18-24(8-9-29(22)47-30-26-19-23(33)20-27(34-2)25(26)21-28(30)40(4)5)48(43,44)39-13-15-46-17-16-45-14-12-38-32(42)37-11-7-6-10-36-31(41)35-3/h8-9,18-20,28,30,39H,6-7,10-17,21H2,1,3-5H3,(H2,35,36,41)(H2,37,38,42)/t28-,30-/m0/s1. The summed E-state index contributed by atoms with van der Waals surface area (Å²) in [7, 11) is 1.68. The molecule has 0 saturated heterocycles. The van der Waals surface area contributed by atoms with Gasteiger partial charge in [0.2, 0.25) is 10.0 Å². The van der Waals surface area contributed by atoms with Crippen molar-refractivity contribution in [2.75, 3.05) is 73.7 Å². The second-order valence-corrected chi connectivity index (χ2v) is 13.5. The Balaban J connectivity index is 1.34. The Kier molecular flexibility index (Phi) is 15.7. The molecule has 3 rings (SSSR count). The van der Waals surface area contributed by atoms with Gasteiger partial charge in [-0.3, -0.25) is 0 Å². The molecule has 0 unspecified atom stereocenters. The van der Waals surface area contributed by atoms with E-state index in [1.165, 1.54) is 6.07 Å². The summed E-state index contributed by atoms with van der Waals surface area (Å²) in [5.41, 5.74) is 2.96. The second kappa shape index (κ2) is 19.4. The minimum atomic E-state index is -3.78. The molecule has 0 heterocycles. The minimum Gasteiger partial charge on any atom is -0.484 e. The van der Waals surface area contributed by atoms with E-state index in [4.69, 9.17) is 32.4 Å². The number of hydrogen-bond acceptors (Lipinski definition) is 8.